The highest BCUT2D eigenvalue weighted by Gasteiger charge is 2.08. The molecule has 2 aromatic heterocycles. The summed E-state index contributed by atoms with van der Waals surface area (Å²) in [6.07, 6.45) is 1.57. The Labute approximate surface area is 139 Å². The Morgan fingerprint density at radius 1 is 1.18 bits per heavy atom. The lowest BCUT2D eigenvalue weighted by Crippen LogP contribution is -2.09. The van der Waals surface area contributed by atoms with E-state index in [0.717, 1.165) is 33.2 Å². The van der Waals surface area contributed by atoms with Crippen molar-refractivity contribution >= 4 is 51.2 Å². The maximum atomic E-state index is 5.36. The molecular weight excluding hydrogens is 320 g/mol. The van der Waals surface area contributed by atoms with Crippen molar-refractivity contribution in [2.75, 3.05) is 31.4 Å². The molecule has 2 heterocycles. The largest absolute Gasteiger partial charge is 0.497 e. The number of nitrogens with zero attached hydrogens (tertiary/aromatic N) is 3. The Balaban J connectivity index is 0.00000176. The van der Waals surface area contributed by atoms with E-state index >= 15 is 0 Å². The zero-order valence-corrected chi connectivity index (χ0v) is 14.2. The highest BCUT2D eigenvalue weighted by molar-refractivity contribution is 7.17. The first-order chi connectivity index (χ1) is 10.2. The molecule has 0 spiro atoms. The van der Waals surface area contributed by atoms with E-state index in [1.807, 2.05) is 42.6 Å². The minimum atomic E-state index is 0. The van der Waals surface area contributed by atoms with E-state index in [-0.39, 0.29) is 12.4 Å². The highest BCUT2D eigenvalue weighted by Crippen LogP contribution is 2.31. The number of methoxy groups -OCH3 is 1. The Hall–Kier alpha value is -2.05. The first-order valence-electron chi connectivity index (χ1n) is 6.49. The summed E-state index contributed by atoms with van der Waals surface area (Å²) in [5, 5.41) is 5.37. The van der Waals surface area contributed by atoms with Crippen molar-refractivity contribution < 1.29 is 4.74 Å². The molecule has 0 saturated carbocycles. The van der Waals surface area contributed by atoms with Crippen LogP contribution in [0, 0.1) is 0 Å². The van der Waals surface area contributed by atoms with Crippen LogP contribution in [0.3, 0.4) is 0 Å². The van der Waals surface area contributed by atoms with Gasteiger partial charge in [0.25, 0.3) is 0 Å². The molecule has 0 aliphatic rings. The van der Waals surface area contributed by atoms with E-state index in [9.17, 15) is 0 Å². The average Bonchev–Trinajstić information content (AvgIpc) is 2.96. The molecule has 0 aliphatic heterocycles. The minimum Gasteiger partial charge on any atom is -0.497 e. The smallest absolute Gasteiger partial charge is 0.151 e. The molecule has 22 heavy (non-hydrogen) atoms. The van der Waals surface area contributed by atoms with Crippen LogP contribution in [-0.4, -0.2) is 31.2 Å². The molecule has 0 fully saturated rings. The number of ether oxygens (including phenoxy) is 1. The summed E-state index contributed by atoms with van der Waals surface area (Å²) >= 11 is 1.62. The molecule has 0 radical (unpaired) electrons. The molecule has 1 aromatic carbocycles. The second kappa shape index (κ2) is 6.81. The van der Waals surface area contributed by atoms with Crippen LogP contribution in [0.25, 0.3) is 10.2 Å². The molecule has 0 unspecified atom stereocenters. The van der Waals surface area contributed by atoms with Gasteiger partial charge in [-0.3, -0.25) is 0 Å². The third-order valence-electron chi connectivity index (χ3n) is 3.15. The summed E-state index contributed by atoms with van der Waals surface area (Å²) in [6, 6.07) is 7.99. The van der Waals surface area contributed by atoms with Gasteiger partial charge in [-0.1, -0.05) is 0 Å². The van der Waals surface area contributed by atoms with E-state index in [4.69, 9.17) is 4.74 Å². The number of hydrogen-bond acceptors (Lipinski definition) is 6. The molecule has 116 valence electrons. The summed E-state index contributed by atoms with van der Waals surface area (Å²) in [7, 11) is 5.67. The predicted molar refractivity (Wildman–Crippen MR) is 95.3 cm³/mol. The van der Waals surface area contributed by atoms with Gasteiger partial charge in [0, 0.05) is 37.6 Å². The topological polar surface area (TPSA) is 50.3 Å². The Morgan fingerprint density at radius 3 is 2.73 bits per heavy atom. The molecule has 3 aromatic rings. The second-order valence-corrected chi connectivity index (χ2v) is 5.71. The quantitative estimate of drug-likeness (QED) is 0.782. The molecular formula is C15H17ClN4OS. The first-order valence-corrected chi connectivity index (χ1v) is 7.37. The molecule has 0 saturated heterocycles. The molecule has 0 bridgehead atoms. The minimum absolute atomic E-state index is 0. The van der Waals surface area contributed by atoms with Crippen LogP contribution < -0.4 is 15.0 Å². The van der Waals surface area contributed by atoms with Gasteiger partial charge in [-0.25, -0.2) is 9.97 Å². The van der Waals surface area contributed by atoms with E-state index in [2.05, 4.69) is 21.4 Å². The number of fused-ring (bicyclic) bond motifs is 1. The lowest BCUT2D eigenvalue weighted by atomic mass is 10.2. The Morgan fingerprint density at radius 2 is 2.00 bits per heavy atom. The summed E-state index contributed by atoms with van der Waals surface area (Å²) < 4.78 is 6.41. The van der Waals surface area contributed by atoms with Crippen LogP contribution in [0.4, 0.5) is 17.2 Å². The maximum absolute atomic E-state index is 5.36. The van der Waals surface area contributed by atoms with Gasteiger partial charge in [0.1, 0.15) is 12.1 Å². The fraction of sp³-hybridized carbons (Fsp3) is 0.200. The van der Waals surface area contributed by atoms with Gasteiger partial charge in [0.2, 0.25) is 0 Å². The van der Waals surface area contributed by atoms with E-state index in [1.54, 1.807) is 24.8 Å². The second-order valence-electron chi connectivity index (χ2n) is 4.80. The van der Waals surface area contributed by atoms with Crippen LogP contribution in [0.15, 0.2) is 36.0 Å². The number of rotatable bonds is 4. The van der Waals surface area contributed by atoms with Crippen LogP contribution in [0.1, 0.15) is 0 Å². The molecule has 3 rings (SSSR count). The number of thiophene rings is 1. The molecule has 5 nitrogen and oxygen atoms in total. The zero-order valence-electron chi connectivity index (χ0n) is 12.5. The average molecular weight is 337 g/mol. The van der Waals surface area contributed by atoms with Gasteiger partial charge in [0.15, 0.2) is 5.82 Å². The predicted octanol–water partition coefficient (Wildman–Crippen LogP) is 3.93. The van der Waals surface area contributed by atoms with Crippen molar-refractivity contribution in [1.29, 1.82) is 0 Å². The van der Waals surface area contributed by atoms with Gasteiger partial charge in [0.05, 0.1) is 17.3 Å². The Kier molecular flexibility index (Phi) is 5.05. The third-order valence-corrected chi connectivity index (χ3v) is 4.06. The van der Waals surface area contributed by atoms with Gasteiger partial charge in [-0.15, -0.1) is 23.7 Å². The van der Waals surface area contributed by atoms with Crippen molar-refractivity contribution in [2.24, 2.45) is 0 Å². The first kappa shape index (κ1) is 16.3. The van der Waals surface area contributed by atoms with Crippen LogP contribution in [0.5, 0.6) is 5.75 Å². The number of benzene rings is 1. The lowest BCUT2D eigenvalue weighted by molar-refractivity contribution is 0.415. The fourth-order valence-electron chi connectivity index (χ4n) is 2.05. The summed E-state index contributed by atoms with van der Waals surface area (Å²) in [5.74, 6) is 1.62. The number of anilines is 3. The fourth-order valence-corrected chi connectivity index (χ4v) is 2.84. The molecule has 0 aliphatic carbocycles. The standard InChI is InChI=1S/C15H16N4OS.ClH/c1-19(2)11-6-10(7-12(8-11)20-3)18-15-14-13(4-5-21-14)16-9-17-15;/h4-9H,1-3H3,(H,16,17,18);1H. The van der Waals surface area contributed by atoms with Crippen molar-refractivity contribution in [2.45, 2.75) is 0 Å². The van der Waals surface area contributed by atoms with E-state index in [1.165, 1.54) is 0 Å². The summed E-state index contributed by atoms with van der Waals surface area (Å²) in [5.41, 5.74) is 2.95. The maximum Gasteiger partial charge on any atom is 0.151 e. The van der Waals surface area contributed by atoms with E-state index in [0.29, 0.717) is 0 Å². The SMILES string of the molecule is COc1cc(Nc2ncnc3ccsc23)cc(N(C)C)c1.Cl. The highest BCUT2D eigenvalue weighted by atomic mass is 35.5. The third kappa shape index (κ3) is 3.23. The van der Waals surface area contributed by atoms with Gasteiger partial charge < -0.3 is 15.0 Å². The number of aromatic nitrogens is 2. The Bertz CT molecular complexity index is 775. The van der Waals surface area contributed by atoms with Crippen LogP contribution in [0.2, 0.25) is 0 Å². The van der Waals surface area contributed by atoms with Crippen molar-refractivity contribution in [1.82, 2.24) is 9.97 Å². The number of nitrogens with one attached hydrogen (secondary N) is 1. The van der Waals surface area contributed by atoms with Crippen molar-refractivity contribution in [3.8, 4) is 5.75 Å². The molecule has 7 heteroatoms. The van der Waals surface area contributed by atoms with Gasteiger partial charge in [-0.05, 0) is 17.5 Å². The van der Waals surface area contributed by atoms with Gasteiger partial charge in [-0.2, -0.15) is 0 Å². The van der Waals surface area contributed by atoms with Crippen LogP contribution in [-0.2, 0) is 0 Å². The van der Waals surface area contributed by atoms with Crippen LogP contribution >= 0.6 is 23.7 Å². The summed E-state index contributed by atoms with van der Waals surface area (Å²) in [6.45, 7) is 0. The monoisotopic (exact) mass is 336 g/mol. The molecule has 1 N–H and O–H groups in total. The van der Waals surface area contributed by atoms with Gasteiger partial charge >= 0.3 is 0 Å². The molecule has 0 atom stereocenters. The number of hydrogen-bond donors (Lipinski definition) is 1. The van der Waals surface area contributed by atoms with E-state index < -0.39 is 0 Å². The van der Waals surface area contributed by atoms with Crippen molar-refractivity contribution in [3.63, 3.8) is 0 Å². The molecule has 0 amide bonds. The zero-order chi connectivity index (χ0) is 14.8. The normalized spacial score (nSPS) is 10.1. The summed E-state index contributed by atoms with van der Waals surface area (Å²) in [4.78, 5) is 10.6. The van der Waals surface area contributed by atoms with Crippen molar-refractivity contribution in [3.05, 3.63) is 36.0 Å². The number of halogens is 1. The lowest BCUT2D eigenvalue weighted by Gasteiger charge is -2.16.